The molecule has 0 aliphatic heterocycles. The fourth-order valence-corrected chi connectivity index (χ4v) is 1.41. The highest BCUT2D eigenvalue weighted by molar-refractivity contribution is 6.39. The van der Waals surface area contributed by atoms with Gasteiger partial charge >= 0.3 is 5.97 Å². The van der Waals surface area contributed by atoms with Gasteiger partial charge in [-0.2, -0.15) is 0 Å². The van der Waals surface area contributed by atoms with Crippen molar-refractivity contribution in [3.8, 4) is 0 Å². The Hall–Kier alpha value is -1.81. The van der Waals surface area contributed by atoms with Gasteiger partial charge in [-0.05, 0) is 19.1 Å². The second-order valence-electron chi connectivity index (χ2n) is 3.37. The van der Waals surface area contributed by atoms with Crippen molar-refractivity contribution >= 4 is 29.1 Å². The van der Waals surface area contributed by atoms with E-state index in [4.69, 9.17) is 11.6 Å². The third-order valence-electron chi connectivity index (χ3n) is 2.05. The van der Waals surface area contributed by atoms with E-state index in [0.29, 0.717) is 10.6 Å². The Morgan fingerprint density at radius 1 is 1.41 bits per heavy atom. The molecule has 4 nitrogen and oxygen atoms in total. The lowest BCUT2D eigenvalue weighted by molar-refractivity contribution is -0.149. The number of esters is 1. The first-order valence-corrected chi connectivity index (χ1v) is 5.13. The lowest BCUT2D eigenvalue weighted by Gasteiger charge is -2.04. The molecule has 0 aliphatic rings. The molecule has 0 heterocycles. The highest BCUT2D eigenvalue weighted by Crippen LogP contribution is 2.23. The number of rotatable bonds is 3. The minimum atomic E-state index is -1.04. The fourth-order valence-electron chi connectivity index (χ4n) is 1.20. The predicted molar refractivity (Wildman–Crippen MR) is 63.8 cm³/mol. The highest BCUT2D eigenvalue weighted by atomic mass is 35.5. The van der Waals surface area contributed by atoms with Crippen LogP contribution in [0.1, 0.15) is 11.1 Å². The molecule has 5 heteroatoms. The molecule has 0 saturated carbocycles. The van der Waals surface area contributed by atoms with Crippen molar-refractivity contribution in [2.45, 2.75) is 6.92 Å². The number of benzene rings is 1. The molecule has 1 aromatic rings. The van der Waals surface area contributed by atoms with E-state index in [1.165, 1.54) is 0 Å². The van der Waals surface area contributed by atoms with Crippen LogP contribution in [0, 0.1) is 6.92 Å². The molecule has 0 saturated heterocycles. The Kier molecular flexibility index (Phi) is 4.29. The zero-order valence-electron chi connectivity index (χ0n) is 9.36. The average molecular weight is 255 g/mol. The third-order valence-corrected chi connectivity index (χ3v) is 2.38. The molecule has 1 rings (SSSR count). The first-order chi connectivity index (χ1) is 7.95. The summed E-state index contributed by atoms with van der Waals surface area (Å²) < 4.78 is 4.23. The van der Waals surface area contributed by atoms with Crippen LogP contribution in [0.3, 0.4) is 0 Å². The minimum absolute atomic E-state index is 0.294. The maximum absolute atomic E-state index is 11.2. The summed E-state index contributed by atoms with van der Waals surface area (Å²) in [6, 6.07) is 4.97. The van der Waals surface area contributed by atoms with Crippen molar-refractivity contribution in [1.29, 1.82) is 0 Å². The van der Waals surface area contributed by atoms with E-state index in [2.05, 4.69) is 4.74 Å². The number of aryl methyl sites for hydroxylation is 1. The number of aliphatic hydroxyl groups excluding tert-OH is 1. The van der Waals surface area contributed by atoms with Crippen LogP contribution < -0.4 is 0 Å². The highest BCUT2D eigenvalue weighted by Gasteiger charge is 2.14. The molecule has 1 aromatic carbocycles. The van der Waals surface area contributed by atoms with Crippen molar-refractivity contribution in [2.75, 3.05) is 7.11 Å². The number of hydrogen-bond acceptors (Lipinski definition) is 4. The summed E-state index contributed by atoms with van der Waals surface area (Å²) in [6.45, 7) is 1.81. The van der Waals surface area contributed by atoms with Crippen LogP contribution in [0.5, 0.6) is 0 Å². The number of hydrogen-bond donors (Lipinski definition) is 1. The molecule has 0 spiro atoms. The first-order valence-electron chi connectivity index (χ1n) is 4.75. The van der Waals surface area contributed by atoms with Crippen molar-refractivity contribution in [3.63, 3.8) is 0 Å². The van der Waals surface area contributed by atoms with Crippen LogP contribution >= 0.6 is 11.6 Å². The van der Waals surface area contributed by atoms with E-state index in [9.17, 15) is 14.7 Å². The molecule has 0 amide bonds. The van der Waals surface area contributed by atoms with Crippen LogP contribution in [0.4, 0.5) is 0 Å². The number of carbonyl (C=O) groups is 2. The normalized spacial score (nSPS) is 11.1. The molecule has 0 aromatic heterocycles. The Balaban J connectivity index is 3.07. The molecule has 0 atom stereocenters. The van der Waals surface area contributed by atoms with E-state index in [-0.39, 0.29) is 5.76 Å². The summed E-state index contributed by atoms with van der Waals surface area (Å²) in [4.78, 5) is 22.1. The number of halogens is 1. The van der Waals surface area contributed by atoms with Gasteiger partial charge in [0.2, 0.25) is 0 Å². The van der Waals surface area contributed by atoms with Crippen molar-refractivity contribution in [2.24, 2.45) is 0 Å². The molecule has 90 valence electrons. The Morgan fingerprint density at radius 2 is 2.06 bits per heavy atom. The average Bonchev–Trinajstić information content (AvgIpc) is 2.30. The largest absolute Gasteiger partial charge is 0.507 e. The third kappa shape index (κ3) is 3.32. The molecule has 0 aliphatic carbocycles. The van der Waals surface area contributed by atoms with Crippen molar-refractivity contribution in [3.05, 3.63) is 40.4 Å². The maximum Gasteiger partial charge on any atom is 0.378 e. The Morgan fingerprint density at radius 3 is 2.65 bits per heavy atom. The van der Waals surface area contributed by atoms with Gasteiger partial charge in [0.1, 0.15) is 5.76 Å². The Labute approximate surface area is 103 Å². The van der Waals surface area contributed by atoms with Gasteiger partial charge in [0.05, 0.1) is 12.1 Å². The summed E-state index contributed by atoms with van der Waals surface area (Å²) in [5.74, 6) is -2.35. The van der Waals surface area contributed by atoms with Gasteiger partial charge < -0.3 is 9.84 Å². The zero-order chi connectivity index (χ0) is 13.0. The van der Waals surface area contributed by atoms with Crippen molar-refractivity contribution < 1.29 is 19.4 Å². The van der Waals surface area contributed by atoms with Gasteiger partial charge in [0.25, 0.3) is 5.78 Å². The quantitative estimate of drug-likeness (QED) is 0.389. The number of ether oxygens (including phenoxy) is 1. The lowest BCUT2D eigenvalue weighted by Crippen LogP contribution is -2.13. The van der Waals surface area contributed by atoms with Gasteiger partial charge in [-0.15, -0.1) is 0 Å². The van der Waals surface area contributed by atoms with Crippen molar-refractivity contribution in [1.82, 2.24) is 0 Å². The Bertz CT molecular complexity index is 491. The van der Waals surface area contributed by atoms with Crippen LogP contribution in [0.15, 0.2) is 24.3 Å². The minimum Gasteiger partial charge on any atom is -0.507 e. The summed E-state index contributed by atoms with van der Waals surface area (Å²) in [5, 5.41) is 9.98. The van der Waals surface area contributed by atoms with Crippen LogP contribution in [-0.4, -0.2) is 24.0 Å². The van der Waals surface area contributed by atoms with Gasteiger partial charge in [-0.1, -0.05) is 23.2 Å². The molecule has 1 N–H and O–H groups in total. The molecular formula is C12H11ClO4. The first kappa shape index (κ1) is 13.3. The number of aliphatic hydroxyl groups is 1. The molecular weight excluding hydrogens is 244 g/mol. The van der Waals surface area contributed by atoms with Gasteiger partial charge in [-0.3, -0.25) is 4.79 Å². The van der Waals surface area contributed by atoms with Gasteiger partial charge in [-0.25, -0.2) is 4.79 Å². The summed E-state index contributed by atoms with van der Waals surface area (Å²) >= 11 is 5.86. The second kappa shape index (κ2) is 5.50. The van der Waals surface area contributed by atoms with E-state index < -0.39 is 11.8 Å². The monoisotopic (exact) mass is 254 g/mol. The van der Waals surface area contributed by atoms with Gasteiger partial charge in [0, 0.05) is 11.6 Å². The van der Waals surface area contributed by atoms with Crippen LogP contribution in [0.25, 0.3) is 5.76 Å². The molecule has 0 fully saturated rings. The predicted octanol–water partition coefficient (Wildman–Crippen LogP) is 2.29. The summed E-state index contributed by atoms with van der Waals surface area (Å²) in [5.41, 5.74) is 1.17. The smallest absolute Gasteiger partial charge is 0.378 e. The summed E-state index contributed by atoms with van der Waals surface area (Å²) in [7, 11) is 1.09. The standard InChI is InChI=1S/C12H11ClO4/c1-7-3-4-9(13)8(5-7)10(14)6-11(15)12(16)17-2/h3-6,14H,1-2H3/b10-6-. The van der Waals surface area contributed by atoms with E-state index in [1.807, 2.05) is 6.92 Å². The van der Waals surface area contributed by atoms with E-state index in [1.54, 1.807) is 18.2 Å². The fraction of sp³-hybridized carbons (Fsp3) is 0.167. The number of methoxy groups -OCH3 is 1. The zero-order valence-corrected chi connectivity index (χ0v) is 10.1. The van der Waals surface area contributed by atoms with Gasteiger partial charge in [0.15, 0.2) is 0 Å². The SMILES string of the molecule is COC(=O)C(=O)/C=C(\O)c1cc(C)ccc1Cl. The number of ketones is 1. The topological polar surface area (TPSA) is 63.6 Å². The van der Waals surface area contributed by atoms with E-state index in [0.717, 1.165) is 18.7 Å². The molecule has 0 unspecified atom stereocenters. The van der Waals surface area contributed by atoms with Crippen LogP contribution in [-0.2, 0) is 14.3 Å². The maximum atomic E-state index is 11.2. The van der Waals surface area contributed by atoms with E-state index >= 15 is 0 Å². The van der Waals surface area contributed by atoms with Crippen LogP contribution in [0.2, 0.25) is 5.02 Å². The lowest BCUT2D eigenvalue weighted by atomic mass is 10.1. The summed E-state index contributed by atoms with van der Waals surface area (Å²) in [6.07, 6.45) is 0.784. The molecule has 0 bridgehead atoms. The molecule has 17 heavy (non-hydrogen) atoms. The molecule has 0 radical (unpaired) electrons. The second-order valence-corrected chi connectivity index (χ2v) is 3.78. The number of carbonyl (C=O) groups excluding carboxylic acids is 2.